The van der Waals surface area contributed by atoms with Crippen molar-refractivity contribution in [2.75, 3.05) is 13.1 Å². The maximum Gasteiger partial charge on any atom is 0.460 e. The van der Waals surface area contributed by atoms with Gasteiger partial charge in [0.15, 0.2) is 5.76 Å². The number of carbonyl (C=O) groups excluding carboxylic acids is 1. The lowest BCUT2D eigenvalue weighted by Gasteiger charge is -2.33. The van der Waals surface area contributed by atoms with Crippen LogP contribution in [-0.2, 0) is 19.0 Å². The molecule has 0 aliphatic carbocycles. The zero-order valence-electron chi connectivity index (χ0n) is 16.8. The van der Waals surface area contributed by atoms with E-state index >= 15 is 0 Å². The quantitative estimate of drug-likeness (QED) is 0.372. The molecule has 0 bridgehead atoms. The van der Waals surface area contributed by atoms with E-state index in [0.29, 0.717) is 4.90 Å². The number of carbonyl (C=O) groups is 1. The summed E-state index contributed by atoms with van der Waals surface area (Å²) >= 11 is 0. The van der Waals surface area contributed by atoms with Gasteiger partial charge in [-0.2, -0.15) is 56.7 Å². The molecule has 1 heterocycles. The highest BCUT2D eigenvalue weighted by Gasteiger charge is 2.86. The summed E-state index contributed by atoms with van der Waals surface area (Å²) in [4.78, 5) is 12.4. The summed E-state index contributed by atoms with van der Waals surface area (Å²) in [6.07, 6.45) is -10.1. The molecule has 0 atom stereocenters. The first-order valence-electron chi connectivity index (χ1n) is 8.51. The van der Waals surface area contributed by atoms with E-state index in [0.717, 1.165) is 0 Å². The van der Waals surface area contributed by atoms with E-state index in [1.807, 2.05) is 0 Å². The molecule has 0 radical (unpaired) electrons. The lowest BCUT2D eigenvalue weighted by molar-refractivity contribution is -0.382. The third-order valence-electron chi connectivity index (χ3n) is 3.83. The zero-order chi connectivity index (χ0) is 26.5. The average Bonchev–Trinajstić information content (AvgIpc) is 2.70. The minimum Gasteiger partial charge on any atom is -0.444 e. The number of hydrogen-bond acceptors (Lipinski definition) is 5. The van der Waals surface area contributed by atoms with Crippen molar-refractivity contribution in [1.82, 2.24) is 4.90 Å². The summed E-state index contributed by atoms with van der Waals surface area (Å²) in [6, 6.07) is 0. The Morgan fingerprint density at radius 3 is 1.88 bits per heavy atom. The first-order chi connectivity index (χ1) is 14.3. The van der Waals surface area contributed by atoms with Crippen LogP contribution in [0, 0.1) is 0 Å². The first-order valence-corrected chi connectivity index (χ1v) is 9.91. The Morgan fingerprint density at radius 1 is 0.970 bits per heavy atom. The molecule has 0 saturated carbocycles. The standard InChI is InChI=1S/C15H16F11NO5S/c1-10(2,3)31-9(28)27-6-4-8(11(16,17)5-7-27)32-33(29,30)15(25,26)13(20,21)12(18,19)14(22,23)24/h4H,5-7H2,1-3H3. The molecule has 0 fully saturated rings. The Kier molecular flexibility index (Phi) is 7.33. The Hall–Kier alpha value is -2.01. The van der Waals surface area contributed by atoms with Crippen molar-refractivity contribution in [2.45, 2.75) is 62.0 Å². The minimum atomic E-state index is -7.65. The van der Waals surface area contributed by atoms with Crippen LogP contribution < -0.4 is 0 Å². The maximum absolute atomic E-state index is 14.1. The van der Waals surface area contributed by atoms with Crippen LogP contribution in [-0.4, -0.2) is 67.3 Å². The molecule has 0 spiro atoms. The number of nitrogens with zero attached hydrogens (tertiary/aromatic N) is 1. The average molecular weight is 531 g/mol. The van der Waals surface area contributed by atoms with Gasteiger partial charge in [-0.3, -0.25) is 0 Å². The van der Waals surface area contributed by atoms with Crippen molar-refractivity contribution >= 4 is 16.2 Å². The molecule has 0 saturated heterocycles. The molecule has 1 aliphatic heterocycles. The predicted molar refractivity (Wildman–Crippen MR) is 86.4 cm³/mol. The van der Waals surface area contributed by atoms with Gasteiger partial charge in [0.1, 0.15) is 5.60 Å². The summed E-state index contributed by atoms with van der Waals surface area (Å²) in [5.74, 6) is -22.1. The lowest BCUT2D eigenvalue weighted by atomic mass is 10.1. The van der Waals surface area contributed by atoms with Crippen LogP contribution in [0.2, 0.25) is 0 Å². The maximum atomic E-state index is 14.1. The van der Waals surface area contributed by atoms with Gasteiger partial charge in [-0.05, 0) is 26.8 Å². The second-order valence-corrected chi connectivity index (χ2v) is 9.24. The predicted octanol–water partition coefficient (Wildman–Crippen LogP) is 4.92. The van der Waals surface area contributed by atoms with Gasteiger partial charge in [-0.25, -0.2) is 4.79 Å². The highest BCUT2D eigenvalue weighted by atomic mass is 32.2. The molecule has 0 aromatic heterocycles. The van der Waals surface area contributed by atoms with Crippen molar-refractivity contribution in [3.63, 3.8) is 0 Å². The summed E-state index contributed by atoms with van der Waals surface area (Å²) in [5.41, 5.74) is -1.13. The van der Waals surface area contributed by atoms with Crippen molar-refractivity contribution in [1.29, 1.82) is 0 Å². The fourth-order valence-electron chi connectivity index (χ4n) is 2.11. The number of allylic oxidation sites excluding steroid dienone is 1. The SMILES string of the molecule is CC(C)(C)OC(=O)N1CC=C(OS(=O)(=O)C(F)(F)C(F)(F)C(F)(F)C(F)(F)F)C(F)(F)CC1. The Balaban J connectivity index is 3.32. The van der Waals surface area contributed by atoms with Crippen molar-refractivity contribution in [2.24, 2.45) is 0 Å². The Labute approximate surface area is 179 Å². The van der Waals surface area contributed by atoms with Crippen LogP contribution in [0.15, 0.2) is 11.8 Å². The highest BCUT2D eigenvalue weighted by Crippen LogP contribution is 2.55. The van der Waals surface area contributed by atoms with Crippen LogP contribution in [0.25, 0.3) is 0 Å². The largest absolute Gasteiger partial charge is 0.460 e. The number of ether oxygens (including phenoxy) is 1. The third-order valence-corrected chi connectivity index (χ3v) is 5.12. The second-order valence-electron chi connectivity index (χ2n) is 7.65. The number of alkyl halides is 11. The third kappa shape index (κ3) is 5.56. The van der Waals surface area contributed by atoms with E-state index in [2.05, 4.69) is 4.18 Å². The number of amides is 1. The molecule has 0 unspecified atom stereocenters. The molecule has 33 heavy (non-hydrogen) atoms. The summed E-state index contributed by atoms with van der Waals surface area (Å²) < 4.78 is 176. The summed E-state index contributed by atoms with van der Waals surface area (Å²) in [6.45, 7) is 2.24. The van der Waals surface area contributed by atoms with Gasteiger partial charge >= 0.3 is 45.4 Å². The molecule has 1 amide bonds. The van der Waals surface area contributed by atoms with E-state index in [1.54, 1.807) is 0 Å². The normalized spacial score (nSPS) is 19.0. The number of halogens is 11. The summed E-state index contributed by atoms with van der Waals surface area (Å²) in [5, 5.41) is -7.31. The highest BCUT2D eigenvalue weighted by molar-refractivity contribution is 7.88. The molecule has 0 N–H and O–H groups in total. The second kappa shape index (κ2) is 8.33. The molecule has 6 nitrogen and oxygen atoms in total. The smallest absolute Gasteiger partial charge is 0.444 e. The first kappa shape index (κ1) is 29.0. The van der Waals surface area contributed by atoms with Gasteiger partial charge in [0.05, 0.1) is 0 Å². The molecule has 194 valence electrons. The molecule has 0 aromatic rings. The topological polar surface area (TPSA) is 72.9 Å². The van der Waals surface area contributed by atoms with Crippen LogP contribution in [0.5, 0.6) is 0 Å². The monoisotopic (exact) mass is 531 g/mol. The summed E-state index contributed by atoms with van der Waals surface area (Å²) in [7, 11) is -7.56. The van der Waals surface area contributed by atoms with Crippen molar-refractivity contribution in [3.05, 3.63) is 11.8 Å². The Bertz CT molecular complexity index is 891. The van der Waals surface area contributed by atoms with Gasteiger partial charge < -0.3 is 13.8 Å². The van der Waals surface area contributed by atoms with E-state index in [4.69, 9.17) is 4.74 Å². The van der Waals surface area contributed by atoms with Crippen molar-refractivity contribution < 1.29 is 70.4 Å². The van der Waals surface area contributed by atoms with Gasteiger partial charge in [-0.1, -0.05) is 0 Å². The van der Waals surface area contributed by atoms with E-state index in [1.165, 1.54) is 20.8 Å². The van der Waals surface area contributed by atoms with E-state index < -0.39 is 76.3 Å². The fourth-order valence-corrected chi connectivity index (χ4v) is 3.08. The van der Waals surface area contributed by atoms with Gasteiger partial charge in [-0.15, -0.1) is 0 Å². The fraction of sp³-hybridized carbons (Fsp3) is 0.800. The van der Waals surface area contributed by atoms with Gasteiger partial charge in [0.25, 0.3) is 0 Å². The van der Waals surface area contributed by atoms with Gasteiger partial charge in [0.2, 0.25) is 0 Å². The minimum absolute atomic E-state index is 0.0232. The molecule has 18 heteroatoms. The lowest BCUT2D eigenvalue weighted by Crippen LogP contribution is -2.63. The molecular weight excluding hydrogens is 515 g/mol. The van der Waals surface area contributed by atoms with Crippen LogP contribution in [0.3, 0.4) is 0 Å². The number of hydrogen-bond donors (Lipinski definition) is 0. The Morgan fingerprint density at radius 2 is 1.45 bits per heavy atom. The molecular formula is C15H16F11NO5S. The van der Waals surface area contributed by atoms with E-state index in [-0.39, 0.29) is 6.08 Å². The number of rotatable bonds is 5. The van der Waals surface area contributed by atoms with Crippen LogP contribution in [0.1, 0.15) is 27.2 Å². The van der Waals surface area contributed by atoms with Gasteiger partial charge in [0, 0.05) is 19.5 Å². The molecule has 0 aromatic carbocycles. The van der Waals surface area contributed by atoms with Crippen molar-refractivity contribution in [3.8, 4) is 0 Å². The van der Waals surface area contributed by atoms with Crippen LogP contribution >= 0.6 is 0 Å². The van der Waals surface area contributed by atoms with E-state index in [9.17, 15) is 61.5 Å². The molecule has 1 rings (SSSR count). The zero-order valence-corrected chi connectivity index (χ0v) is 17.6. The van der Waals surface area contributed by atoms with Crippen LogP contribution in [0.4, 0.5) is 53.1 Å². The molecule has 1 aliphatic rings.